The summed E-state index contributed by atoms with van der Waals surface area (Å²) in [7, 11) is -4.08. The van der Waals surface area contributed by atoms with Gasteiger partial charge in [0.25, 0.3) is 10.0 Å². The highest BCUT2D eigenvalue weighted by molar-refractivity contribution is 7.93. The van der Waals surface area contributed by atoms with Crippen molar-refractivity contribution in [2.24, 2.45) is 11.8 Å². The van der Waals surface area contributed by atoms with E-state index < -0.39 is 20.7 Å². The van der Waals surface area contributed by atoms with E-state index in [2.05, 4.69) is 21.9 Å². The summed E-state index contributed by atoms with van der Waals surface area (Å²) in [6.07, 6.45) is 6.14. The van der Waals surface area contributed by atoms with Gasteiger partial charge in [-0.3, -0.25) is 4.72 Å². The van der Waals surface area contributed by atoms with E-state index in [0.717, 1.165) is 42.2 Å². The van der Waals surface area contributed by atoms with E-state index in [9.17, 15) is 12.8 Å². The van der Waals surface area contributed by atoms with Crippen LogP contribution < -0.4 is 10.0 Å². The van der Waals surface area contributed by atoms with Gasteiger partial charge in [-0.15, -0.1) is 11.3 Å². The predicted octanol–water partition coefficient (Wildman–Crippen LogP) is 4.97. The van der Waals surface area contributed by atoms with Crippen LogP contribution in [0.5, 0.6) is 0 Å². The summed E-state index contributed by atoms with van der Waals surface area (Å²) >= 11 is 7.31. The molecule has 1 saturated carbocycles. The van der Waals surface area contributed by atoms with Crippen molar-refractivity contribution >= 4 is 43.8 Å². The highest BCUT2D eigenvalue weighted by Crippen LogP contribution is 2.32. The van der Waals surface area contributed by atoms with Gasteiger partial charge < -0.3 is 5.32 Å². The van der Waals surface area contributed by atoms with Crippen molar-refractivity contribution in [1.82, 2.24) is 4.98 Å². The Balaban J connectivity index is 1.71. The number of rotatable bonds is 6. The zero-order chi connectivity index (χ0) is 18.7. The van der Waals surface area contributed by atoms with E-state index in [1.807, 2.05) is 0 Å². The summed E-state index contributed by atoms with van der Waals surface area (Å²) in [5.74, 6) is 0.445. The summed E-state index contributed by atoms with van der Waals surface area (Å²) in [4.78, 5) is 3.35. The van der Waals surface area contributed by atoms with Gasteiger partial charge in [0.15, 0.2) is 5.13 Å². The van der Waals surface area contributed by atoms with E-state index in [-0.39, 0.29) is 10.2 Å². The van der Waals surface area contributed by atoms with Crippen LogP contribution in [-0.4, -0.2) is 19.9 Å². The molecule has 1 aromatic carbocycles. The number of nitrogens with one attached hydrogen (secondary N) is 2. The molecule has 1 aromatic heterocycles. The van der Waals surface area contributed by atoms with Crippen molar-refractivity contribution < 1.29 is 12.8 Å². The van der Waals surface area contributed by atoms with Crippen LogP contribution in [0.1, 0.15) is 32.6 Å². The summed E-state index contributed by atoms with van der Waals surface area (Å²) < 4.78 is 41.4. The molecule has 0 amide bonds. The first-order chi connectivity index (χ1) is 12.3. The van der Waals surface area contributed by atoms with Crippen molar-refractivity contribution in [2.45, 2.75) is 37.5 Å². The highest BCUT2D eigenvalue weighted by atomic mass is 35.5. The summed E-state index contributed by atoms with van der Waals surface area (Å²) in [6.45, 7) is 2.96. The van der Waals surface area contributed by atoms with Gasteiger partial charge in [0, 0.05) is 18.1 Å². The van der Waals surface area contributed by atoms with Crippen molar-refractivity contribution in [3.63, 3.8) is 0 Å². The average molecular weight is 418 g/mol. The number of benzene rings is 1. The number of sulfonamides is 1. The minimum absolute atomic E-state index is 0.175. The van der Waals surface area contributed by atoms with Gasteiger partial charge in [-0.25, -0.2) is 17.8 Å². The van der Waals surface area contributed by atoms with Gasteiger partial charge in [-0.05, 0) is 36.8 Å². The molecule has 2 N–H and O–H groups in total. The molecule has 0 unspecified atom stereocenters. The Morgan fingerprint density at radius 2 is 2.04 bits per heavy atom. The Hall–Kier alpha value is -1.38. The maximum absolute atomic E-state index is 14.4. The molecule has 26 heavy (non-hydrogen) atoms. The van der Waals surface area contributed by atoms with Crippen molar-refractivity contribution in [1.29, 1.82) is 0 Å². The number of hydrogen-bond acceptors (Lipinski definition) is 5. The van der Waals surface area contributed by atoms with Gasteiger partial charge in [-0.2, -0.15) is 0 Å². The average Bonchev–Trinajstić information content (AvgIpc) is 3.09. The molecule has 9 heteroatoms. The molecule has 0 saturated heterocycles. The molecule has 5 nitrogen and oxygen atoms in total. The SMILES string of the molecule is CC1CCC(CNc2cc(F)c(S(=O)(=O)Nc3nccs3)cc2Cl)CC1. The third kappa shape index (κ3) is 4.66. The molecule has 1 aliphatic carbocycles. The monoisotopic (exact) mass is 417 g/mol. The van der Waals surface area contributed by atoms with Crippen molar-refractivity contribution in [3.8, 4) is 0 Å². The molecule has 1 heterocycles. The normalized spacial score (nSPS) is 20.7. The van der Waals surface area contributed by atoms with Crippen LogP contribution in [0.2, 0.25) is 5.02 Å². The molecule has 1 aliphatic rings. The van der Waals surface area contributed by atoms with E-state index in [0.29, 0.717) is 18.2 Å². The zero-order valence-electron chi connectivity index (χ0n) is 14.3. The van der Waals surface area contributed by atoms with Gasteiger partial charge in [0.2, 0.25) is 0 Å². The largest absolute Gasteiger partial charge is 0.383 e. The summed E-state index contributed by atoms with van der Waals surface area (Å²) in [5.41, 5.74) is 0.413. The molecule has 0 atom stereocenters. The number of halogens is 2. The van der Waals surface area contributed by atoms with Crippen LogP contribution in [0.15, 0.2) is 28.6 Å². The molecule has 0 spiro atoms. The first-order valence-electron chi connectivity index (χ1n) is 8.50. The minimum atomic E-state index is -4.08. The second-order valence-electron chi connectivity index (χ2n) is 6.71. The topological polar surface area (TPSA) is 71.1 Å². The second-order valence-corrected chi connectivity index (χ2v) is 9.66. The fourth-order valence-electron chi connectivity index (χ4n) is 3.10. The van der Waals surface area contributed by atoms with Gasteiger partial charge in [-0.1, -0.05) is 31.4 Å². The minimum Gasteiger partial charge on any atom is -0.383 e. The molecule has 1 fully saturated rings. The smallest absolute Gasteiger partial charge is 0.266 e. The van der Waals surface area contributed by atoms with E-state index in [4.69, 9.17) is 11.6 Å². The molecule has 0 aliphatic heterocycles. The molecular formula is C17H21ClFN3O2S2. The van der Waals surface area contributed by atoms with E-state index >= 15 is 0 Å². The van der Waals surface area contributed by atoms with Crippen LogP contribution in [0.25, 0.3) is 0 Å². The number of nitrogens with zero attached hydrogens (tertiary/aromatic N) is 1. The van der Waals surface area contributed by atoms with Crippen LogP contribution in [0, 0.1) is 17.7 Å². The summed E-state index contributed by atoms with van der Waals surface area (Å²) in [6, 6.07) is 2.28. The fourth-order valence-corrected chi connectivity index (χ4v) is 5.27. The molecule has 0 bridgehead atoms. The Morgan fingerprint density at radius 1 is 1.31 bits per heavy atom. The van der Waals surface area contributed by atoms with Crippen LogP contribution in [0.3, 0.4) is 0 Å². The number of anilines is 2. The van der Waals surface area contributed by atoms with Gasteiger partial charge in [0.05, 0.1) is 10.7 Å². The maximum Gasteiger partial charge on any atom is 0.266 e. The van der Waals surface area contributed by atoms with Crippen molar-refractivity contribution in [3.05, 3.63) is 34.5 Å². The van der Waals surface area contributed by atoms with Gasteiger partial charge in [0.1, 0.15) is 10.7 Å². The molecule has 3 rings (SSSR count). The van der Waals surface area contributed by atoms with Gasteiger partial charge >= 0.3 is 0 Å². The van der Waals surface area contributed by atoms with Crippen LogP contribution in [0.4, 0.5) is 15.2 Å². The van der Waals surface area contributed by atoms with E-state index in [1.165, 1.54) is 19.0 Å². The highest BCUT2D eigenvalue weighted by Gasteiger charge is 2.23. The lowest BCUT2D eigenvalue weighted by molar-refractivity contribution is 0.300. The molecule has 142 valence electrons. The molecule has 2 aromatic rings. The lowest BCUT2D eigenvalue weighted by atomic mass is 9.83. The molecular weight excluding hydrogens is 397 g/mol. The Kier molecular flexibility index (Phi) is 6.04. The zero-order valence-corrected chi connectivity index (χ0v) is 16.7. The van der Waals surface area contributed by atoms with E-state index in [1.54, 1.807) is 5.38 Å². The lowest BCUT2D eigenvalue weighted by Gasteiger charge is -2.26. The summed E-state index contributed by atoms with van der Waals surface area (Å²) in [5, 5.41) is 5.14. The standard InChI is InChI=1S/C17H21ClFN3O2S2/c1-11-2-4-12(5-3-11)10-21-15-9-14(19)16(8-13(15)18)26(23,24)22-17-20-6-7-25-17/h6-9,11-12,21H,2-5,10H2,1H3,(H,20,22). The number of hydrogen-bond donors (Lipinski definition) is 2. The number of aromatic nitrogens is 1. The lowest BCUT2D eigenvalue weighted by Crippen LogP contribution is -2.20. The Bertz CT molecular complexity index is 851. The first-order valence-corrected chi connectivity index (χ1v) is 11.2. The second kappa shape index (κ2) is 8.10. The Labute approximate surface area is 162 Å². The van der Waals surface area contributed by atoms with Crippen LogP contribution in [-0.2, 0) is 10.0 Å². The molecule has 0 radical (unpaired) electrons. The third-order valence-corrected chi connectivity index (χ3v) is 7.17. The quantitative estimate of drug-likeness (QED) is 0.695. The maximum atomic E-state index is 14.4. The first kappa shape index (κ1) is 19.4. The fraction of sp³-hybridized carbons (Fsp3) is 0.471. The third-order valence-electron chi connectivity index (χ3n) is 4.68. The van der Waals surface area contributed by atoms with Crippen LogP contribution >= 0.6 is 22.9 Å². The predicted molar refractivity (Wildman–Crippen MR) is 104 cm³/mol. The Morgan fingerprint density at radius 3 is 2.69 bits per heavy atom. The van der Waals surface area contributed by atoms with Crippen molar-refractivity contribution in [2.75, 3.05) is 16.6 Å². The number of thiazole rings is 1.